The van der Waals surface area contributed by atoms with Crippen LogP contribution in [0.15, 0.2) is 36.7 Å². The SMILES string of the molecule is COc1ccc(C(=O)N[C@H]2CCCO[C@@H]2c2ccncc2)nn1. The van der Waals surface area contributed by atoms with Crippen LogP contribution in [0.3, 0.4) is 0 Å². The summed E-state index contributed by atoms with van der Waals surface area (Å²) < 4.78 is 10.8. The van der Waals surface area contributed by atoms with Crippen molar-refractivity contribution < 1.29 is 14.3 Å². The molecule has 120 valence electrons. The lowest BCUT2D eigenvalue weighted by Crippen LogP contribution is -2.43. The van der Waals surface area contributed by atoms with Gasteiger partial charge in [0.05, 0.1) is 13.2 Å². The second kappa shape index (κ2) is 7.15. The van der Waals surface area contributed by atoms with Crippen molar-refractivity contribution in [1.82, 2.24) is 20.5 Å². The van der Waals surface area contributed by atoms with E-state index in [1.54, 1.807) is 24.5 Å². The van der Waals surface area contributed by atoms with Gasteiger partial charge in [0.1, 0.15) is 6.10 Å². The van der Waals surface area contributed by atoms with Crippen molar-refractivity contribution in [3.8, 4) is 5.88 Å². The molecule has 1 saturated heterocycles. The first kappa shape index (κ1) is 15.4. The number of pyridine rings is 1. The summed E-state index contributed by atoms with van der Waals surface area (Å²) in [6.45, 7) is 0.682. The first-order valence-corrected chi connectivity index (χ1v) is 7.48. The second-order valence-corrected chi connectivity index (χ2v) is 5.26. The quantitative estimate of drug-likeness (QED) is 0.921. The fourth-order valence-corrected chi connectivity index (χ4v) is 2.60. The molecule has 3 rings (SSSR count). The number of rotatable bonds is 4. The third-order valence-electron chi connectivity index (χ3n) is 3.76. The molecule has 7 nitrogen and oxygen atoms in total. The van der Waals surface area contributed by atoms with Crippen molar-refractivity contribution in [2.45, 2.75) is 25.0 Å². The lowest BCUT2D eigenvalue weighted by Gasteiger charge is -2.32. The van der Waals surface area contributed by atoms with E-state index in [0.717, 1.165) is 18.4 Å². The van der Waals surface area contributed by atoms with Crippen LogP contribution in [-0.2, 0) is 4.74 Å². The van der Waals surface area contributed by atoms with Gasteiger partial charge in [0.15, 0.2) is 5.69 Å². The predicted molar refractivity (Wildman–Crippen MR) is 82.0 cm³/mol. The Labute approximate surface area is 134 Å². The topological polar surface area (TPSA) is 86.2 Å². The summed E-state index contributed by atoms with van der Waals surface area (Å²) in [7, 11) is 1.50. The molecule has 1 fully saturated rings. The van der Waals surface area contributed by atoms with Crippen molar-refractivity contribution in [2.24, 2.45) is 0 Å². The van der Waals surface area contributed by atoms with Crippen molar-refractivity contribution in [3.63, 3.8) is 0 Å². The number of methoxy groups -OCH3 is 1. The highest BCUT2D eigenvalue weighted by atomic mass is 16.5. The summed E-state index contributed by atoms with van der Waals surface area (Å²) in [4.78, 5) is 16.4. The Kier molecular flexibility index (Phi) is 4.77. The van der Waals surface area contributed by atoms with Gasteiger partial charge in [0.2, 0.25) is 5.88 Å². The van der Waals surface area contributed by atoms with Gasteiger partial charge in [0, 0.05) is 25.1 Å². The number of carbonyl (C=O) groups is 1. The minimum atomic E-state index is -0.269. The van der Waals surface area contributed by atoms with E-state index < -0.39 is 0 Å². The summed E-state index contributed by atoms with van der Waals surface area (Å²) >= 11 is 0. The molecule has 0 aromatic carbocycles. The molecule has 0 spiro atoms. The molecule has 0 aliphatic carbocycles. The molecule has 1 aliphatic heterocycles. The number of carbonyl (C=O) groups excluding carboxylic acids is 1. The number of amides is 1. The van der Waals surface area contributed by atoms with Crippen LogP contribution in [0.1, 0.15) is 35.0 Å². The molecule has 0 unspecified atom stereocenters. The van der Waals surface area contributed by atoms with Gasteiger partial charge in [-0.25, -0.2) is 0 Å². The minimum Gasteiger partial charge on any atom is -0.480 e. The molecule has 1 N–H and O–H groups in total. The molecule has 2 atom stereocenters. The summed E-state index contributed by atoms with van der Waals surface area (Å²) in [5.41, 5.74) is 1.26. The predicted octanol–water partition coefficient (Wildman–Crippen LogP) is 1.53. The van der Waals surface area contributed by atoms with Gasteiger partial charge in [-0.3, -0.25) is 9.78 Å². The van der Waals surface area contributed by atoms with E-state index in [1.165, 1.54) is 7.11 Å². The lowest BCUT2D eigenvalue weighted by atomic mass is 9.96. The zero-order valence-corrected chi connectivity index (χ0v) is 12.8. The first-order chi connectivity index (χ1) is 11.3. The van der Waals surface area contributed by atoms with Crippen LogP contribution in [0.4, 0.5) is 0 Å². The van der Waals surface area contributed by atoms with Crippen LogP contribution in [0.2, 0.25) is 0 Å². The second-order valence-electron chi connectivity index (χ2n) is 5.26. The third-order valence-corrected chi connectivity index (χ3v) is 3.76. The maximum absolute atomic E-state index is 12.4. The molecule has 1 aliphatic rings. The van der Waals surface area contributed by atoms with Gasteiger partial charge in [-0.2, -0.15) is 0 Å². The van der Waals surface area contributed by atoms with Gasteiger partial charge in [0.25, 0.3) is 5.91 Å². The molecule has 3 heterocycles. The Morgan fingerprint density at radius 3 is 2.78 bits per heavy atom. The van der Waals surface area contributed by atoms with Gasteiger partial charge in [-0.1, -0.05) is 0 Å². The van der Waals surface area contributed by atoms with Crippen LogP contribution in [0.25, 0.3) is 0 Å². The molecule has 1 amide bonds. The average Bonchev–Trinajstić information content (AvgIpc) is 2.63. The molecule has 2 aromatic rings. The highest BCUT2D eigenvalue weighted by Crippen LogP contribution is 2.28. The van der Waals surface area contributed by atoms with Gasteiger partial charge < -0.3 is 14.8 Å². The van der Waals surface area contributed by atoms with Crippen molar-refractivity contribution in [3.05, 3.63) is 47.9 Å². The highest BCUT2D eigenvalue weighted by Gasteiger charge is 2.29. The Morgan fingerprint density at radius 2 is 2.09 bits per heavy atom. The molecular formula is C16H18N4O3. The number of hydrogen-bond donors (Lipinski definition) is 1. The normalized spacial score (nSPS) is 20.7. The molecule has 2 aromatic heterocycles. The van der Waals surface area contributed by atoms with E-state index >= 15 is 0 Å². The Balaban J connectivity index is 1.72. The van der Waals surface area contributed by atoms with Gasteiger partial charge >= 0.3 is 0 Å². The van der Waals surface area contributed by atoms with Crippen LogP contribution >= 0.6 is 0 Å². The minimum absolute atomic E-state index is 0.109. The molecule has 0 radical (unpaired) electrons. The van der Waals surface area contributed by atoms with E-state index in [1.807, 2.05) is 12.1 Å². The Morgan fingerprint density at radius 1 is 1.26 bits per heavy atom. The van der Waals surface area contributed by atoms with E-state index in [4.69, 9.17) is 9.47 Å². The monoisotopic (exact) mass is 314 g/mol. The zero-order chi connectivity index (χ0) is 16.1. The van der Waals surface area contributed by atoms with Crippen molar-refractivity contribution in [1.29, 1.82) is 0 Å². The summed E-state index contributed by atoms with van der Waals surface area (Å²) in [6.07, 6.45) is 5.02. The number of aromatic nitrogens is 3. The fraction of sp³-hybridized carbons (Fsp3) is 0.375. The van der Waals surface area contributed by atoms with Crippen LogP contribution in [-0.4, -0.2) is 40.8 Å². The highest BCUT2D eigenvalue weighted by molar-refractivity contribution is 5.92. The number of hydrogen-bond acceptors (Lipinski definition) is 6. The number of nitrogens with one attached hydrogen (secondary N) is 1. The third kappa shape index (κ3) is 3.62. The number of ether oxygens (including phenoxy) is 2. The smallest absolute Gasteiger partial charge is 0.272 e. The lowest BCUT2D eigenvalue weighted by molar-refractivity contribution is -0.00956. The van der Waals surface area contributed by atoms with E-state index in [9.17, 15) is 4.79 Å². The zero-order valence-electron chi connectivity index (χ0n) is 12.8. The molecule has 0 saturated carbocycles. The van der Waals surface area contributed by atoms with Crippen LogP contribution in [0.5, 0.6) is 5.88 Å². The fourth-order valence-electron chi connectivity index (χ4n) is 2.60. The maximum Gasteiger partial charge on any atom is 0.272 e. The van der Waals surface area contributed by atoms with Crippen molar-refractivity contribution >= 4 is 5.91 Å². The average molecular weight is 314 g/mol. The Hall–Kier alpha value is -2.54. The van der Waals surface area contributed by atoms with E-state index in [-0.39, 0.29) is 23.7 Å². The molecule has 0 bridgehead atoms. The van der Waals surface area contributed by atoms with E-state index in [0.29, 0.717) is 12.5 Å². The molecule has 23 heavy (non-hydrogen) atoms. The maximum atomic E-state index is 12.4. The summed E-state index contributed by atoms with van der Waals surface area (Å²) in [6, 6.07) is 6.90. The van der Waals surface area contributed by atoms with Crippen LogP contribution < -0.4 is 10.1 Å². The van der Waals surface area contributed by atoms with Gasteiger partial charge in [-0.05, 0) is 36.6 Å². The summed E-state index contributed by atoms with van der Waals surface area (Å²) in [5, 5.41) is 10.7. The van der Waals surface area contributed by atoms with Gasteiger partial charge in [-0.15, -0.1) is 10.2 Å². The Bertz CT molecular complexity index is 648. The number of nitrogens with zero attached hydrogens (tertiary/aromatic N) is 3. The summed E-state index contributed by atoms with van der Waals surface area (Å²) in [5.74, 6) is 0.104. The first-order valence-electron chi connectivity index (χ1n) is 7.48. The van der Waals surface area contributed by atoms with Crippen LogP contribution in [0, 0.1) is 0 Å². The molecular weight excluding hydrogens is 296 g/mol. The standard InChI is InChI=1S/C16H18N4O3/c1-22-14-5-4-13(19-20-14)16(21)18-12-3-2-10-23-15(12)11-6-8-17-9-7-11/h4-9,12,15H,2-3,10H2,1H3,(H,18,21)/t12-,15+/m0/s1. The van der Waals surface area contributed by atoms with E-state index in [2.05, 4.69) is 20.5 Å². The largest absolute Gasteiger partial charge is 0.480 e. The van der Waals surface area contributed by atoms with Crippen molar-refractivity contribution in [2.75, 3.05) is 13.7 Å². The molecule has 7 heteroatoms.